The highest BCUT2D eigenvalue weighted by Gasteiger charge is 2.32. The molecule has 2 unspecified atom stereocenters. The summed E-state index contributed by atoms with van der Waals surface area (Å²) in [6.07, 6.45) is 3.91. The molecular weight excluding hydrogens is 371 g/mol. The highest BCUT2D eigenvalue weighted by molar-refractivity contribution is 6.30. The highest BCUT2D eigenvalue weighted by Crippen LogP contribution is 2.23. The third-order valence-electron chi connectivity index (χ3n) is 4.67. The second kappa shape index (κ2) is 11.5. The van der Waals surface area contributed by atoms with E-state index in [1.807, 2.05) is 12.1 Å². The van der Waals surface area contributed by atoms with Crippen LogP contribution >= 0.6 is 36.4 Å². The number of piperidine rings is 1. The molecule has 0 amide bonds. The SMILES string of the molecule is CC1CN(C2CCNCC2)C(Cc2ccc(Cl)cc2)CO1.Cl.Cl.O. The summed E-state index contributed by atoms with van der Waals surface area (Å²) in [7, 11) is 0. The van der Waals surface area contributed by atoms with E-state index in [1.54, 1.807) is 0 Å². The summed E-state index contributed by atoms with van der Waals surface area (Å²) < 4.78 is 5.92. The van der Waals surface area contributed by atoms with Crippen LogP contribution in [-0.4, -0.2) is 54.8 Å². The Kier molecular flexibility index (Phi) is 11.5. The topological polar surface area (TPSA) is 56.0 Å². The summed E-state index contributed by atoms with van der Waals surface area (Å²) in [5.74, 6) is 0. The third-order valence-corrected chi connectivity index (χ3v) is 4.92. The van der Waals surface area contributed by atoms with Gasteiger partial charge in [-0.1, -0.05) is 23.7 Å². The van der Waals surface area contributed by atoms with Crippen LogP contribution in [0.15, 0.2) is 24.3 Å². The van der Waals surface area contributed by atoms with Gasteiger partial charge in [-0.2, -0.15) is 0 Å². The third kappa shape index (κ3) is 6.34. The zero-order valence-electron chi connectivity index (χ0n) is 14.0. The number of nitrogens with one attached hydrogen (secondary N) is 1. The summed E-state index contributed by atoms with van der Waals surface area (Å²) in [6.45, 7) is 6.37. The number of nitrogens with zero attached hydrogens (tertiary/aromatic N) is 1. The number of hydrogen-bond donors (Lipinski definition) is 1. The number of halogens is 3. The Hall–Kier alpha value is -0.0700. The molecule has 0 bridgehead atoms. The van der Waals surface area contributed by atoms with Gasteiger partial charge in [0.15, 0.2) is 0 Å². The number of hydrogen-bond acceptors (Lipinski definition) is 3. The predicted molar refractivity (Wildman–Crippen MR) is 105 cm³/mol. The van der Waals surface area contributed by atoms with Crippen LogP contribution in [0.4, 0.5) is 0 Å². The van der Waals surface area contributed by atoms with Crippen LogP contribution in [0, 0.1) is 0 Å². The Bertz CT molecular complexity index is 456. The van der Waals surface area contributed by atoms with E-state index in [2.05, 4.69) is 29.3 Å². The lowest BCUT2D eigenvalue weighted by molar-refractivity contribution is -0.0752. The van der Waals surface area contributed by atoms with Gasteiger partial charge < -0.3 is 15.5 Å². The monoisotopic (exact) mass is 398 g/mol. The van der Waals surface area contributed by atoms with Gasteiger partial charge in [-0.15, -0.1) is 24.8 Å². The molecule has 0 spiro atoms. The zero-order chi connectivity index (χ0) is 14.7. The molecule has 7 heteroatoms. The van der Waals surface area contributed by atoms with Crippen LogP contribution in [0.3, 0.4) is 0 Å². The fourth-order valence-electron chi connectivity index (χ4n) is 3.52. The first-order valence-corrected chi connectivity index (χ1v) is 8.42. The minimum atomic E-state index is 0. The van der Waals surface area contributed by atoms with Gasteiger partial charge in [0.1, 0.15) is 0 Å². The summed E-state index contributed by atoms with van der Waals surface area (Å²) in [5, 5.41) is 4.27. The minimum absolute atomic E-state index is 0. The molecule has 0 saturated carbocycles. The van der Waals surface area contributed by atoms with Gasteiger partial charge in [-0.25, -0.2) is 0 Å². The van der Waals surface area contributed by atoms with Crippen molar-refractivity contribution in [3.05, 3.63) is 34.9 Å². The maximum absolute atomic E-state index is 5.98. The van der Waals surface area contributed by atoms with Gasteiger partial charge in [0.05, 0.1) is 12.7 Å². The smallest absolute Gasteiger partial charge is 0.0674 e. The van der Waals surface area contributed by atoms with Crippen LogP contribution in [0.25, 0.3) is 0 Å². The molecule has 3 N–H and O–H groups in total. The van der Waals surface area contributed by atoms with Gasteiger partial charge in [0, 0.05) is 23.7 Å². The molecule has 2 atom stereocenters. The average Bonchev–Trinajstić information content (AvgIpc) is 2.52. The van der Waals surface area contributed by atoms with Crippen LogP contribution in [0.5, 0.6) is 0 Å². The lowest BCUT2D eigenvalue weighted by Gasteiger charge is -2.45. The van der Waals surface area contributed by atoms with E-state index in [0.717, 1.165) is 37.7 Å². The van der Waals surface area contributed by atoms with E-state index in [0.29, 0.717) is 18.2 Å². The maximum Gasteiger partial charge on any atom is 0.0674 e. The molecule has 0 aromatic heterocycles. The molecule has 2 aliphatic heterocycles. The van der Waals surface area contributed by atoms with E-state index in [1.165, 1.54) is 18.4 Å². The van der Waals surface area contributed by atoms with Crippen molar-refractivity contribution >= 4 is 36.4 Å². The van der Waals surface area contributed by atoms with Gasteiger partial charge in [-0.05, 0) is 57.0 Å². The van der Waals surface area contributed by atoms with Gasteiger partial charge in [0.2, 0.25) is 0 Å². The second-order valence-electron chi connectivity index (χ2n) is 6.31. The second-order valence-corrected chi connectivity index (χ2v) is 6.74. The number of benzene rings is 1. The molecule has 2 aliphatic rings. The largest absolute Gasteiger partial charge is 0.412 e. The molecule has 4 nitrogen and oxygen atoms in total. The van der Waals surface area contributed by atoms with E-state index in [-0.39, 0.29) is 30.3 Å². The van der Waals surface area contributed by atoms with Crippen LogP contribution in [0.1, 0.15) is 25.3 Å². The molecule has 1 aromatic rings. The molecule has 2 saturated heterocycles. The number of rotatable bonds is 3. The van der Waals surface area contributed by atoms with Crippen molar-refractivity contribution < 1.29 is 10.2 Å². The average molecular weight is 400 g/mol. The lowest BCUT2D eigenvalue weighted by Crippen LogP contribution is -2.56. The van der Waals surface area contributed by atoms with Crippen LogP contribution in [0.2, 0.25) is 5.02 Å². The molecule has 0 aliphatic carbocycles. The molecule has 3 rings (SSSR count). The normalized spacial score (nSPS) is 25.1. The van der Waals surface area contributed by atoms with Crippen molar-refractivity contribution in [3.63, 3.8) is 0 Å². The molecular formula is C17H29Cl3N2O2. The molecule has 140 valence electrons. The fourth-order valence-corrected chi connectivity index (χ4v) is 3.65. The van der Waals surface area contributed by atoms with Crippen molar-refractivity contribution in [1.29, 1.82) is 0 Å². The molecule has 2 fully saturated rings. The molecule has 2 heterocycles. The summed E-state index contributed by atoms with van der Waals surface area (Å²) in [6, 6.07) is 9.44. The number of morpholine rings is 1. The Morgan fingerprint density at radius 1 is 1.17 bits per heavy atom. The standard InChI is InChI=1S/C17H25ClN2O.2ClH.H2O/c1-13-11-20(16-6-8-19-9-7-16)17(12-21-13)10-14-2-4-15(18)5-3-14;;;/h2-5,13,16-17,19H,6-12H2,1H3;2*1H;1H2. The van der Waals surface area contributed by atoms with E-state index in [9.17, 15) is 0 Å². The lowest BCUT2D eigenvalue weighted by atomic mass is 9.97. The first kappa shape index (κ1) is 23.9. The Balaban J connectivity index is 0.00000176. The Labute approximate surface area is 162 Å². The van der Waals surface area contributed by atoms with Crippen LogP contribution < -0.4 is 5.32 Å². The minimum Gasteiger partial charge on any atom is -0.412 e. The van der Waals surface area contributed by atoms with Crippen molar-refractivity contribution in [3.8, 4) is 0 Å². The zero-order valence-corrected chi connectivity index (χ0v) is 16.4. The highest BCUT2D eigenvalue weighted by atomic mass is 35.5. The summed E-state index contributed by atoms with van der Waals surface area (Å²) >= 11 is 5.98. The molecule has 1 aromatic carbocycles. The van der Waals surface area contributed by atoms with Gasteiger partial charge >= 0.3 is 0 Å². The van der Waals surface area contributed by atoms with Crippen molar-refractivity contribution in [2.24, 2.45) is 0 Å². The quantitative estimate of drug-likeness (QED) is 0.850. The van der Waals surface area contributed by atoms with Crippen molar-refractivity contribution in [1.82, 2.24) is 10.2 Å². The number of ether oxygens (including phenoxy) is 1. The molecule has 24 heavy (non-hydrogen) atoms. The maximum atomic E-state index is 5.98. The first-order valence-electron chi connectivity index (χ1n) is 8.05. The summed E-state index contributed by atoms with van der Waals surface area (Å²) in [5.41, 5.74) is 1.35. The van der Waals surface area contributed by atoms with E-state index in [4.69, 9.17) is 16.3 Å². The van der Waals surface area contributed by atoms with Gasteiger partial charge in [0.25, 0.3) is 0 Å². The predicted octanol–water partition coefficient (Wildman–Crippen LogP) is 2.74. The van der Waals surface area contributed by atoms with Gasteiger partial charge in [-0.3, -0.25) is 4.90 Å². The summed E-state index contributed by atoms with van der Waals surface area (Å²) in [4.78, 5) is 2.70. The van der Waals surface area contributed by atoms with Crippen molar-refractivity contribution in [2.45, 2.75) is 44.4 Å². The van der Waals surface area contributed by atoms with Crippen LogP contribution in [-0.2, 0) is 11.2 Å². The molecule has 0 radical (unpaired) electrons. The van der Waals surface area contributed by atoms with E-state index < -0.39 is 0 Å². The Morgan fingerprint density at radius 3 is 2.42 bits per heavy atom. The fraction of sp³-hybridized carbons (Fsp3) is 0.647. The Morgan fingerprint density at radius 2 is 1.79 bits per heavy atom. The van der Waals surface area contributed by atoms with Crippen molar-refractivity contribution in [2.75, 3.05) is 26.2 Å². The first-order chi connectivity index (χ1) is 10.2. The van der Waals surface area contributed by atoms with E-state index >= 15 is 0 Å².